The highest BCUT2D eigenvalue weighted by molar-refractivity contribution is 7.74. The van der Waals surface area contributed by atoms with Crippen LogP contribution in [0.25, 0.3) is 0 Å². The monoisotopic (exact) mass is 989 g/mol. The first kappa shape index (κ1) is 54.0. The van der Waals surface area contributed by atoms with Crippen LogP contribution in [0.2, 0.25) is 87.1 Å². The molecular weight excluding hydrogens is 903 g/mol. The van der Waals surface area contributed by atoms with Gasteiger partial charge in [-0.3, -0.25) is 0 Å². The molecule has 4 aromatic rings. The summed E-state index contributed by atoms with van der Waals surface area (Å²) < 4.78 is 0. The lowest BCUT2D eigenvalue weighted by Gasteiger charge is -2.33. The molecule has 1 fully saturated rings. The number of nitrogens with zero attached hydrogens (tertiary/aromatic N) is 1. The highest BCUT2D eigenvalue weighted by Crippen LogP contribution is 2.48. The lowest BCUT2D eigenvalue weighted by Crippen LogP contribution is -2.45. The zero-order chi connectivity index (χ0) is 47.4. The number of urea groups is 1. The fourth-order valence-corrected chi connectivity index (χ4v) is 25.4. The molecule has 0 aromatic heterocycles. The minimum atomic E-state index is -1.32. The Balaban J connectivity index is 1.34. The summed E-state index contributed by atoms with van der Waals surface area (Å²) in [5, 5.41) is 9.14. The molecule has 1 saturated heterocycles. The number of amides is 2. The molecule has 4 atom stereocenters. The van der Waals surface area contributed by atoms with Crippen LogP contribution in [0.4, 0.5) is 4.79 Å². The third kappa shape index (κ3) is 17.6. The number of benzene rings is 4. The van der Waals surface area contributed by atoms with Crippen molar-refractivity contribution in [1.29, 1.82) is 0 Å². The van der Waals surface area contributed by atoms with Crippen LogP contribution in [0, 0.1) is 5.92 Å². The van der Waals surface area contributed by atoms with Crippen LogP contribution in [-0.2, 0) is 0 Å². The van der Waals surface area contributed by atoms with E-state index < -0.39 is 40.1 Å². The van der Waals surface area contributed by atoms with Gasteiger partial charge in [0.25, 0.3) is 0 Å². The van der Waals surface area contributed by atoms with E-state index in [1.54, 1.807) is 0 Å². The molecule has 2 amide bonds. The van der Waals surface area contributed by atoms with Crippen LogP contribution in [0.15, 0.2) is 159 Å². The van der Waals surface area contributed by atoms with Crippen LogP contribution in [0.3, 0.4) is 0 Å². The Kier molecular flexibility index (Phi) is 22.4. The normalized spacial score (nSPS) is 16.8. The molecule has 1 N–H and O–H groups in total. The predicted octanol–water partition coefficient (Wildman–Crippen LogP) is 14.0. The van der Waals surface area contributed by atoms with Crippen LogP contribution in [0.5, 0.6) is 0 Å². The first-order valence-corrected chi connectivity index (χ1v) is 40.4. The van der Waals surface area contributed by atoms with Crippen LogP contribution >= 0.6 is 15.8 Å². The van der Waals surface area contributed by atoms with Crippen molar-refractivity contribution in [3.63, 3.8) is 0 Å². The van der Waals surface area contributed by atoms with E-state index in [1.165, 1.54) is 89.2 Å². The number of hydrogen-bond acceptors (Lipinski definition) is 1. The number of hydrogen-bond donors (Lipinski definition) is 1. The lowest BCUT2D eigenvalue weighted by atomic mass is 9.95. The van der Waals surface area contributed by atoms with Crippen molar-refractivity contribution in [2.75, 3.05) is 19.3 Å². The quantitative estimate of drug-likeness (QED) is 0.0250. The van der Waals surface area contributed by atoms with Gasteiger partial charge in [0.15, 0.2) is 0 Å². The zero-order valence-electron chi connectivity index (χ0n) is 42.0. The van der Waals surface area contributed by atoms with Gasteiger partial charge in [0.1, 0.15) is 0 Å². The average molecular weight is 990 g/mol. The van der Waals surface area contributed by atoms with Gasteiger partial charge in [0.2, 0.25) is 0 Å². The molecule has 1 aliphatic heterocycles. The molecule has 1 heterocycles. The number of rotatable bonds is 29. The molecule has 0 radical (unpaired) electrons. The van der Waals surface area contributed by atoms with E-state index in [-0.39, 0.29) is 21.6 Å². The van der Waals surface area contributed by atoms with Crippen molar-refractivity contribution in [2.24, 2.45) is 5.92 Å². The molecule has 4 aromatic carbocycles. The summed E-state index contributed by atoms with van der Waals surface area (Å²) in [6.45, 7) is 29.5. The Morgan fingerprint density at radius 1 is 0.652 bits per heavy atom. The van der Waals surface area contributed by atoms with Gasteiger partial charge < -0.3 is 10.2 Å². The van der Waals surface area contributed by atoms with E-state index in [0.717, 1.165) is 43.6 Å². The van der Waals surface area contributed by atoms with E-state index >= 15 is 0 Å². The third-order valence-electron chi connectivity index (χ3n) is 14.5. The molecular formula is C57H86N2OP2Si4. The van der Waals surface area contributed by atoms with Crippen molar-refractivity contribution >= 4 is 76.8 Å². The van der Waals surface area contributed by atoms with Gasteiger partial charge in [0, 0.05) is 34.3 Å². The maximum Gasteiger partial charge on any atom is 0.317 e. The Morgan fingerprint density at radius 3 is 1.59 bits per heavy atom. The Morgan fingerprint density at radius 2 is 1.11 bits per heavy atom. The molecule has 3 nitrogen and oxygen atoms in total. The summed E-state index contributed by atoms with van der Waals surface area (Å²) in [5.41, 5.74) is 1.26. The number of allylic oxidation sites excluding steroid dienone is 3. The molecule has 0 spiro atoms. The minimum Gasteiger partial charge on any atom is -0.338 e. The van der Waals surface area contributed by atoms with Crippen molar-refractivity contribution in [1.82, 2.24) is 10.2 Å². The first-order chi connectivity index (χ1) is 31.7. The molecule has 0 saturated carbocycles. The summed E-state index contributed by atoms with van der Waals surface area (Å²) in [7, 11) is -5.54. The first-order valence-electron chi connectivity index (χ1n) is 25.4. The number of carbonyl (C=O) groups excluding carboxylic acids is 1. The largest absolute Gasteiger partial charge is 0.338 e. The van der Waals surface area contributed by atoms with E-state index in [9.17, 15) is 4.79 Å². The minimum absolute atomic E-state index is 0.142. The van der Waals surface area contributed by atoms with E-state index in [1.807, 2.05) is 0 Å². The molecule has 1 aliphatic rings. The third-order valence-corrected chi connectivity index (χ3v) is 31.8. The van der Waals surface area contributed by atoms with Gasteiger partial charge in [-0.25, -0.2) is 4.79 Å². The molecule has 356 valence electrons. The standard InChI is InChI=1S/C57H86N2OP2Si4/c1-10-40-64(4,5)43-25-27-49(36-44-65(6,7)41-11-2)56(37-45-66(8,9)42-12-3)63-39-26-38-58-57(60)59-47-55(62(53-32-21-15-22-33-53)54-34-23-16-24-35-54)46-50(59)48-61(51-28-17-13-18-29-51)52-30-19-14-20-31-52/h10-24,28-35,49-50,55-56H,1-3,25-27,36-48,63H2,4-9H3,(H,58,60)/t49?,50-,55-,56?/m0/s1. The topological polar surface area (TPSA) is 32.3 Å². The highest BCUT2D eigenvalue weighted by atomic mass is 31.1. The molecule has 5 rings (SSSR count). The smallest absolute Gasteiger partial charge is 0.317 e. The SMILES string of the molecule is C=CC[Si](C)(C)CCCC(CC[Si](C)(C)CC=C)C(CC[Si](C)(C)CC=C)[SiH2]CCCNC(=O)N1C[C@@H](P(c2ccccc2)c2ccccc2)C[C@H]1CP(c1ccccc1)c1ccccc1. The number of carbonyl (C=O) groups is 1. The fourth-order valence-electron chi connectivity index (χ4n) is 10.6. The van der Waals surface area contributed by atoms with Crippen LogP contribution in [-0.4, -0.2) is 75.6 Å². The van der Waals surface area contributed by atoms with E-state index in [0.29, 0.717) is 5.66 Å². The second-order valence-corrected chi connectivity index (χ2v) is 44.5. The predicted molar refractivity (Wildman–Crippen MR) is 311 cm³/mol. The summed E-state index contributed by atoms with van der Waals surface area (Å²) in [6.07, 6.45) is 15.2. The molecule has 0 aliphatic carbocycles. The summed E-state index contributed by atoms with van der Waals surface area (Å²) in [6, 6.07) is 54.0. The van der Waals surface area contributed by atoms with Gasteiger partial charge in [-0.1, -0.05) is 229 Å². The second kappa shape index (κ2) is 27.3. The van der Waals surface area contributed by atoms with Gasteiger partial charge in [-0.2, -0.15) is 0 Å². The fraction of sp³-hybridized carbons (Fsp3) is 0.456. The zero-order valence-corrected chi connectivity index (χ0v) is 48.2. The van der Waals surface area contributed by atoms with Crippen LogP contribution in [0.1, 0.15) is 38.5 Å². The van der Waals surface area contributed by atoms with Crippen molar-refractivity contribution in [3.8, 4) is 0 Å². The highest BCUT2D eigenvalue weighted by Gasteiger charge is 2.41. The Labute approximate surface area is 411 Å². The average Bonchev–Trinajstić information content (AvgIpc) is 3.72. The van der Waals surface area contributed by atoms with Gasteiger partial charge >= 0.3 is 6.03 Å². The Bertz CT molecular complexity index is 1960. The summed E-state index contributed by atoms with van der Waals surface area (Å²) >= 11 is 0. The van der Waals surface area contributed by atoms with E-state index in [4.69, 9.17) is 0 Å². The van der Waals surface area contributed by atoms with Crippen molar-refractivity contribution < 1.29 is 4.79 Å². The second-order valence-electron chi connectivity index (χ2n) is 21.7. The molecule has 0 bridgehead atoms. The maximum absolute atomic E-state index is 14.7. The number of nitrogens with one attached hydrogen (secondary N) is 1. The van der Waals surface area contributed by atoms with Gasteiger partial charge in [0.05, 0.1) is 24.2 Å². The van der Waals surface area contributed by atoms with Crippen molar-refractivity contribution in [3.05, 3.63) is 159 Å². The van der Waals surface area contributed by atoms with Crippen LogP contribution < -0.4 is 26.5 Å². The number of likely N-dealkylation sites (tertiary alicyclic amines) is 1. The van der Waals surface area contributed by atoms with Gasteiger partial charge in [-0.15, -0.1) is 19.7 Å². The molecule has 2 unspecified atom stereocenters. The molecule has 66 heavy (non-hydrogen) atoms. The van der Waals surface area contributed by atoms with E-state index in [2.05, 4.69) is 209 Å². The summed E-state index contributed by atoms with van der Waals surface area (Å²) in [5.74, 6) is 0.834. The summed E-state index contributed by atoms with van der Waals surface area (Å²) in [4.78, 5) is 17.0. The van der Waals surface area contributed by atoms with Crippen molar-refractivity contribution in [2.45, 2.75) is 137 Å². The Hall–Kier alpha value is -2.90. The van der Waals surface area contributed by atoms with Gasteiger partial charge in [-0.05, 0) is 85.7 Å². The maximum atomic E-state index is 14.7. The lowest BCUT2D eigenvalue weighted by molar-refractivity contribution is 0.197. The molecule has 9 heteroatoms.